The van der Waals surface area contributed by atoms with Gasteiger partial charge in [-0.2, -0.15) is 5.10 Å². The molecule has 0 atom stereocenters. The number of phenols is 1. The normalized spacial score (nSPS) is 11.5. The van der Waals surface area contributed by atoms with E-state index in [1.165, 1.54) is 6.33 Å². The fourth-order valence-electron chi connectivity index (χ4n) is 1.99. The summed E-state index contributed by atoms with van der Waals surface area (Å²) in [6.07, 6.45) is 2.33. The third kappa shape index (κ3) is 4.76. The van der Waals surface area contributed by atoms with E-state index < -0.39 is 0 Å². The van der Waals surface area contributed by atoms with Crippen molar-refractivity contribution in [2.45, 2.75) is 19.9 Å². The van der Waals surface area contributed by atoms with E-state index in [4.69, 9.17) is 0 Å². The van der Waals surface area contributed by atoms with Crippen LogP contribution < -0.4 is 10.6 Å². The van der Waals surface area contributed by atoms with E-state index in [0.29, 0.717) is 12.3 Å². The van der Waals surface area contributed by atoms with Crippen molar-refractivity contribution in [1.29, 1.82) is 0 Å². The van der Waals surface area contributed by atoms with Gasteiger partial charge in [0.1, 0.15) is 24.4 Å². The van der Waals surface area contributed by atoms with E-state index in [0.717, 1.165) is 36.9 Å². The molecule has 22 heavy (non-hydrogen) atoms. The first kappa shape index (κ1) is 15.8. The summed E-state index contributed by atoms with van der Waals surface area (Å²) in [6, 6.07) is 7.28. The second kappa shape index (κ2) is 8.02. The number of phenolic OH excluding ortho intramolecular Hbond substituents is 1. The number of guanidine groups is 1. The number of benzene rings is 1. The van der Waals surface area contributed by atoms with Gasteiger partial charge < -0.3 is 15.7 Å². The number of hydrogen-bond donors (Lipinski definition) is 3. The number of nitrogens with zero attached hydrogens (tertiary/aromatic N) is 4. The Bertz CT molecular complexity index is 622. The van der Waals surface area contributed by atoms with Crippen LogP contribution in [-0.2, 0) is 20.0 Å². The Hall–Kier alpha value is -2.57. The van der Waals surface area contributed by atoms with Crippen molar-refractivity contribution in [3.63, 3.8) is 0 Å². The number of aromatic hydroxyl groups is 1. The second-order valence-corrected chi connectivity index (χ2v) is 4.84. The molecule has 0 saturated carbocycles. The standard InChI is InChI=1S/C15H22N6O/c1-3-16-15(18-10-14-19-11-20-21(14)2)17-8-7-12-5-4-6-13(22)9-12/h4-6,9,11,22H,3,7-8,10H2,1-2H3,(H2,16,17,18). The predicted molar refractivity (Wildman–Crippen MR) is 85.6 cm³/mol. The first-order valence-electron chi connectivity index (χ1n) is 7.32. The molecule has 1 heterocycles. The minimum atomic E-state index is 0.292. The highest BCUT2D eigenvalue weighted by atomic mass is 16.3. The van der Waals surface area contributed by atoms with Crippen molar-refractivity contribution in [3.05, 3.63) is 42.0 Å². The molecule has 0 amide bonds. The molecule has 0 unspecified atom stereocenters. The molecule has 0 aliphatic heterocycles. The lowest BCUT2D eigenvalue weighted by Crippen LogP contribution is -2.38. The lowest BCUT2D eigenvalue weighted by atomic mass is 10.1. The van der Waals surface area contributed by atoms with Crippen LogP contribution in [0.3, 0.4) is 0 Å². The van der Waals surface area contributed by atoms with Gasteiger partial charge in [0, 0.05) is 20.1 Å². The van der Waals surface area contributed by atoms with Gasteiger partial charge in [0.15, 0.2) is 5.96 Å². The fourth-order valence-corrected chi connectivity index (χ4v) is 1.99. The van der Waals surface area contributed by atoms with E-state index in [1.807, 2.05) is 26.1 Å². The topological polar surface area (TPSA) is 87.4 Å². The molecule has 7 nitrogen and oxygen atoms in total. The monoisotopic (exact) mass is 302 g/mol. The van der Waals surface area contributed by atoms with Crippen molar-refractivity contribution in [3.8, 4) is 5.75 Å². The summed E-state index contributed by atoms with van der Waals surface area (Å²) in [4.78, 5) is 8.63. The molecule has 0 aliphatic rings. The summed E-state index contributed by atoms with van der Waals surface area (Å²) >= 11 is 0. The van der Waals surface area contributed by atoms with Gasteiger partial charge in [-0.05, 0) is 31.0 Å². The van der Waals surface area contributed by atoms with Gasteiger partial charge in [-0.1, -0.05) is 12.1 Å². The Morgan fingerprint density at radius 3 is 2.91 bits per heavy atom. The van der Waals surface area contributed by atoms with Gasteiger partial charge in [-0.15, -0.1) is 0 Å². The van der Waals surface area contributed by atoms with Crippen LogP contribution in [0.15, 0.2) is 35.6 Å². The first-order chi connectivity index (χ1) is 10.7. The first-order valence-corrected chi connectivity index (χ1v) is 7.32. The number of rotatable bonds is 6. The van der Waals surface area contributed by atoms with Crippen LogP contribution in [0.5, 0.6) is 5.75 Å². The van der Waals surface area contributed by atoms with E-state index in [-0.39, 0.29) is 0 Å². The zero-order valence-electron chi connectivity index (χ0n) is 13.0. The molecule has 1 aromatic carbocycles. The Kier molecular flexibility index (Phi) is 5.76. The lowest BCUT2D eigenvalue weighted by Gasteiger charge is -2.11. The van der Waals surface area contributed by atoms with Gasteiger partial charge in [-0.3, -0.25) is 4.68 Å². The van der Waals surface area contributed by atoms with E-state index in [1.54, 1.807) is 16.8 Å². The third-order valence-corrected chi connectivity index (χ3v) is 3.14. The molecule has 0 fully saturated rings. The third-order valence-electron chi connectivity index (χ3n) is 3.14. The minimum absolute atomic E-state index is 0.292. The molecule has 3 N–H and O–H groups in total. The Morgan fingerprint density at radius 1 is 1.36 bits per heavy atom. The second-order valence-electron chi connectivity index (χ2n) is 4.84. The van der Waals surface area contributed by atoms with E-state index in [2.05, 4.69) is 25.7 Å². The highest BCUT2D eigenvalue weighted by molar-refractivity contribution is 5.79. The zero-order valence-corrected chi connectivity index (χ0v) is 13.0. The van der Waals surface area contributed by atoms with Crippen molar-refractivity contribution in [1.82, 2.24) is 25.4 Å². The lowest BCUT2D eigenvalue weighted by molar-refractivity contribution is 0.474. The van der Waals surface area contributed by atoms with Crippen LogP contribution in [0.2, 0.25) is 0 Å². The van der Waals surface area contributed by atoms with Gasteiger partial charge in [-0.25, -0.2) is 9.98 Å². The molecular weight excluding hydrogens is 280 g/mol. The maximum absolute atomic E-state index is 9.45. The largest absolute Gasteiger partial charge is 0.508 e. The smallest absolute Gasteiger partial charge is 0.191 e. The summed E-state index contributed by atoms with van der Waals surface area (Å²) in [6.45, 7) is 4.01. The Morgan fingerprint density at radius 2 is 2.23 bits per heavy atom. The van der Waals surface area contributed by atoms with Crippen molar-refractivity contribution < 1.29 is 5.11 Å². The molecule has 2 aromatic rings. The maximum atomic E-state index is 9.45. The molecule has 2 rings (SSSR count). The molecule has 1 aromatic heterocycles. The van der Waals surface area contributed by atoms with Gasteiger partial charge >= 0.3 is 0 Å². The SMILES string of the molecule is CCNC(=NCc1ncnn1C)NCCc1cccc(O)c1. The summed E-state index contributed by atoms with van der Waals surface area (Å²) in [7, 11) is 1.85. The summed E-state index contributed by atoms with van der Waals surface area (Å²) in [5.74, 6) is 1.84. The van der Waals surface area contributed by atoms with Crippen molar-refractivity contribution in [2.24, 2.45) is 12.0 Å². The molecule has 0 aliphatic carbocycles. The van der Waals surface area contributed by atoms with Crippen LogP contribution in [0.25, 0.3) is 0 Å². The average Bonchev–Trinajstić information content (AvgIpc) is 2.90. The average molecular weight is 302 g/mol. The molecule has 0 saturated heterocycles. The predicted octanol–water partition coefficient (Wildman–Crippen LogP) is 0.818. The van der Waals surface area contributed by atoms with Gasteiger partial charge in [0.05, 0.1) is 0 Å². The summed E-state index contributed by atoms with van der Waals surface area (Å²) < 4.78 is 1.71. The molecule has 118 valence electrons. The van der Waals surface area contributed by atoms with E-state index >= 15 is 0 Å². The number of aromatic nitrogens is 3. The molecule has 0 spiro atoms. The minimum Gasteiger partial charge on any atom is -0.508 e. The quantitative estimate of drug-likeness (QED) is 0.543. The van der Waals surface area contributed by atoms with Crippen molar-refractivity contribution >= 4 is 5.96 Å². The van der Waals surface area contributed by atoms with Crippen LogP contribution in [-0.4, -0.2) is 38.9 Å². The number of nitrogens with one attached hydrogen (secondary N) is 2. The highest BCUT2D eigenvalue weighted by Crippen LogP contribution is 2.10. The van der Waals surface area contributed by atoms with Crippen LogP contribution in [0.4, 0.5) is 0 Å². The fraction of sp³-hybridized carbons (Fsp3) is 0.400. The number of aliphatic imine (C=N–C) groups is 1. The molecule has 0 bridgehead atoms. The number of aryl methyl sites for hydroxylation is 1. The van der Waals surface area contributed by atoms with E-state index in [9.17, 15) is 5.11 Å². The van der Waals surface area contributed by atoms with Crippen LogP contribution >= 0.6 is 0 Å². The van der Waals surface area contributed by atoms with Crippen LogP contribution in [0, 0.1) is 0 Å². The summed E-state index contributed by atoms with van der Waals surface area (Å²) in [5, 5.41) is 19.9. The molecule has 0 radical (unpaired) electrons. The summed E-state index contributed by atoms with van der Waals surface area (Å²) in [5.41, 5.74) is 1.08. The maximum Gasteiger partial charge on any atom is 0.191 e. The van der Waals surface area contributed by atoms with Gasteiger partial charge in [0.2, 0.25) is 0 Å². The van der Waals surface area contributed by atoms with Crippen LogP contribution in [0.1, 0.15) is 18.3 Å². The Balaban J connectivity index is 1.87. The number of hydrogen-bond acceptors (Lipinski definition) is 4. The molecule has 7 heteroatoms. The highest BCUT2D eigenvalue weighted by Gasteiger charge is 2.02. The molecular formula is C15H22N6O. The van der Waals surface area contributed by atoms with Gasteiger partial charge in [0.25, 0.3) is 0 Å². The van der Waals surface area contributed by atoms with Crippen molar-refractivity contribution in [2.75, 3.05) is 13.1 Å². The zero-order chi connectivity index (χ0) is 15.8. The Labute approximate surface area is 130 Å².